The molecular weight excluding hydrogens is 543 g/mol. The first kappa shape index (κ1) is 26.7. The van der Waals surface area contributed by atoms with Crippen molar-refractivity contribution < 1.29 is 28.3 Å². The van der Waals surface area contributed by atoms with Crippen molar-refractivity contribution in [3.05, 3.63) is 95.7 Å². The Balaban J connectivity index is 1.11. The van der Waals surface area contributed by atoms with Crippen LogP contribution in [0.25, 0.3) is 21.9 Å². The molecule has 0 bridgehead atoms. The lowest BCUT2D eigenvalue weighted by Gasteiger charge is -2.34. The van der Waals surface area contributed by atoms with Gasteiger partial charge in [-0.1, -0.05) is 30.3 Å². The summed E-state index contributed by atoms with van der Waals surface area (Å²) >= 11 is 0. The average molecular weight is 569 g/mol. The number of amides is 3. The van der Waals surface area contributed by atoms with Crippen molar-refractivity contribution >= 4 is 45.6 Å². The molecule has 3 heterocycles. The molecule has 0 saturated carbocycles. The van der Waals surface area contributed by atoms with E-state index in [9.17, 15) is 23.6 Å². The van der Waals surface area contributed by atoms with E-state index in [0.29, 0.717) is 11.4 Å². The first-order valence-electron chi connectivity index (χ1n) is 13.3. The molecule has 212 valence electrons. The summed E-state index contributed by atoms with van der Waals surface area (Å²) in [4.78, 5) is 64.7. The fourth-order valence-electron chi connectivity index (χ4n) is 4.96. The number of nitrogens with zero attached hydrogens (tertiary/aromatic N) is 3. The molecule has 1 fully saturated rings. The highest BCUT2D eigenvalue weighted by Crippen LogP contribution is 2.30. The van der Waals surface area contributed by atoms with Crippen molar-refractivity contribution in [2.45, 2.75) is 6.54 Å². The maximum atomic E-state index is 14.9. The number of carbonyl (C=O) groups is 4. The molecule has 3 amide bonds. The maximum absolute atomic E-state index is 14.9. The van der Waals surface area contributed by atoms with Gasteiger partial charge in [0, 0.05) is 37.9 Å². The largest absolute Gasteiger partial charge is 0.413 e. The lowest BCUT2D eigenvalue weighted by atomic mass is 10.1. The van der Waals surface area contributed by atoms with Gasteiger partial charge in [0.1, 0.15) is 11.6 Å². The van der Waals surface area contributed by atoms with Crippen LogP contribution in [0.5, 0.6) is 5.75 Å². The second-order valence-corrected chi connectivity index (χ2v) is 9.72. The number of benzene rings is 3. The highest BCUT2D eigenvalue weighted by molar-refractivity contribution is 6.45. The summed E-state index contributed by atoms with van der Waals surface area (Å²) in [7, 11) is 0. The highest BCUT2D eigenvalue weighted by atomic mass is 19.1. The van der Waals surface area contributed by atoms with E-state index in [1.165, 1.54) is 17.2 Å². The zero-order valence-electron chi connectivity index (χ0n) is 22.2. The smallest absolute Gasteiger partial charge is 0.408 e. The van der Waals surface area contributed by atoms with Crippen LogP contribution in [0.15, 0.2) is 72.9 Å². The van der Waals surface area contributed by atoms with Crippen LogP contribution < -0.4 is 10.1 Å². The third-order valence-corrected chi connectivity index (χ3v) is 7.10. The summed E-state index contributed by atoms with van der Waals surface area (Å²) in [5.41, 5.74) is 2.00. The van der Waals surface area contributed by atoms with Gasteiger partial charge in [-0.3, -0.25) is 14.4 Å². The molecule has 42 heavy (non-hydrogen) atoms. The molecular formula is C30H25FN6O5. The Morgan fingerprint density at radius 2 is 1.62 bits per heavy atom. The number of ether oxygens (including phenoxy) is 1. The van der Waals surface area contributed by atoms with E-state index >= 15 is 0 Å². The molecule has 0 unspecified atom stereocenters. The predicted molar refractivity (Wildman–Crippen MR) is 150 cm³/mol. The Morgan fingerprint density at radius 1 is 0.905 bits per heavy atom. The number of rotatable bonds is 6. The number of fused-ring (bicyclic) bond motifs is 2. The number of ketones is 1. The standard InChI is InChI=1S/C30H25FN6O5/c31-20-10-11-23(42-30(41)33-17-24-34-21-8-4-5-9-22(21)35-24)26-25(20)19(16-32-26)27(38)29(40)37-14-12-36(13-15-37)28(39)18-6-2-1-3-7-18/h1-11,16,32H,12-15,17H2,(H,33,41)(H,34,35). The molecule has 12 heteroatoms. The number of hydrogen-bond acceptors (Lipinski definition) is 6. The number of carbonyl (C=O) groups excluding carboxylic acids is 4. The summed E-state index contributed by atoms with van der Waals surface area (Å²) in [6, 6.07) is 18.5. The number of halogens is 1. The molecule has 0 atom stereocenters. The van der Waals surface area contributed by atoms with Crippen LogP contribution in [-0.2, 0) is 11.3 Å². The Bertz CT molecular complexity index is 1790. The predicted octanol–water partition coefficient (Wildman–Crippen LogP) is 3.64. The number of hydrogen-bond donors (Lipinski definition) is 3. The van der Waals surface area contributed by atoms with Crippen molar-refractivity contribution in [3.8, 4) is 5.75 Å². The third-order valence-electron chi connectivity index (χ3n) is 7.10. The number of H-pyrrole nitrogens is 2. The zero-order valence-corrected chi connectivity index (χ0v) is 22.2. The van der Waals surface area contributed by atoms with Gasteiger partial charge in [0.05, 0.1) is 34.0 Å². The minimum absolute atomic E-state index is 0.0203. The minimum Gasteiger partial charge on any atom is -0.408 e. The molecule has 5 aromatic rings. The third kappa shape index (κ3) is 5.17. The van der Waals surface area contributed by atoms with E-state index in [2.05, 4.69) is 20.3 Å². The number of nitrogens with one attached hydrogen (secondary N) is 3. The Labute approximate surface area is 238 Å². The second kappa shape index (κ2) is 11.2. The van der Waals surface area contributed by atoms with Gasteiger partial charge in [-0.2, -0.15) is 0 Å². The highest BCUT2D eigenvalue weighted by Gasteiger charge is 2.31. The van der Waals surface area contributed by atoms with Gasteiger partial charge in [-0.25, -0.2) is 14.2 Å². The number of para-hydroxylation sites is 2. The number of Topliss-reactive ketones (excluding diaryl/α,β-unsaturated/α-hetero) is 1. The lowest BCUT2D eigenvalue weighted by Crippen LogP contribution is -2.52. The van der Waals surface area contributed by atoms with E-state index in [4.69, 9.17) is 4.74 Å². The first-order valence-corrected chi connectivity index (χ1v) is 13.3. The van der Waals surface area contributed by atoms with Crippen molar-refractivity contribution in [1.29, 1.82) is 0 Å². The quantitative estimate of drug-likeness (QED) is 0.211. The summed E-state index contributed by atoms with van der Waals surface area (Å²) in [5.74, 6) is -2.12. The van der Waals surface area contributed by atoms with Crippen LogP contribution in [-0.4, -0.2) is 74.6 Å². The van der Waals surface area contributed by atoms with Gasteiger partial charge >= 0.3 is 6.09 Å². The zero-order chi connectivity index (χ0) is 29.2. The van der Waals surface area contributed by atoms with Crippen LogP contribution in [0.4, 0.5) is 9.18 Å². The number of piperazine rings is 1. The topological polar surface area (TPSA) is 140 Å². The summed E-state index contributed by atoms with van der Waals surface area (Å²) in [6.45, 7) is 0.902. The van der Waals surface area contributed by atoms with Crippen LogP contribution in [0.2, 0.25) is 0 Å². The monoisotopic (exact) mass is 568 g/mol. The van der Waals surface area contributed by atoms with Crippen LogP contribution in [0.3, 0.4) is 0 Å². The molecule has 1 aliphatic rings. The maximum Gasteiger partial charge on any atom is 0.413 e. The van der Waals surface area contributed by atoms with Gasteiger partial charge in [0.15, 0.2) is 5.75 Å². The number of aromatic amines is 2. The average Bonchev–Trinajstić information content (AvgIpc) is 3.66. The van der Waals surface area contributed by atoms with Crippen molar-refractivity contribution in [2.75, 3.05) is 26.2 Å². The molecule has 0 spiro atoms. The summed E-state index contributed by atoms with van der Waals surface area (Å²) < 4.78 is 20.3. The van der Waals surface area contributed by atoms with Gasteiger partial charge in [-0.05, 0) is 36.4 Å². The number of aromatic nitrogens is 3. The van der Waals surface area contributed by atoms with E-state index in [0.717, 1.165) is 17.1 Å². The molecule has 3 N–H and O–H groups in total. The summed E-state index contributed by atoms with van der Waals surface area (Å²) in [5, 5.41) is 2.42. The van der Waals surface area contributed by atoms with Crippen molar-refractivity contribution in [3.63, 3.8) is 0 Å². The van der Waals surface area contributed by atoms with E-state index in [1.807, 2.05) is 30.3 Å². The fourth-order valence-corrected chi connectivity index (χ4v) is 4.96. The molecule has 11 nitrogen and oxygen atoms in total. The SMILES string of the molecule is O=C(NCc1nc2ccccc2[nH]1)Oc1ccc(F)c2c(C(=O)C(=O)N3CCN(C(=O)c4ccccc4)CC3)c[nH]c12. The fraction of sp³-hybridized carbons (Fsp3) is 0.167. The molecule has 2 aromatic heterocycles. The molecule has 0 aliphatic carbocycles. The lowest BCUT2D eigenvalue weighted by molar-refractivity contribution is -0.127. The van der Waals surface area contributed by atoms with E-state index in [1.54, 1.807) is 29.2 Å². The van der Waals surface area contributed by atoms with Gasteiger partial charge in [0.25, 0.3) is 17.6 Å². The Kier molecular flexibility index (Phi) is 7.09. The Morgan fingerprint density at radius 3 is 2.38 bits per heavy atom. The van der Waals surface area contributed by atoms with E-state index in [-0.39, 0.29) is 60.8 Å². The second-order valence-electron chi connectivity index (χ2n) is 9.72. The first-order chi connectivity index (χ1) is 20.4. The van der Waals surface area contributed by atoms with Crippen LogP contribution in [0, 0.1) is 5.82 Å². The molecule has 3 aromatic carbocycles. The molecule has 0 radical (unpaired) electrons. The van der Waals surface area contributed by atoms with Crippen molar-refractivity contribution in [1.82, 2.24) is 30.1 Å². The minimum atomic E-state index is -0.908. The normalized spacial score (nSPS) is 13.4. The molecule has 1 saturated heterocycles. The van der Waals surface area contributed by atoms with Crippen molar-refractivity contribution in [2.24, 2.45) is 0 Å². The summed E-state index contributed by atoms with van der Waals surface area (Å²) in [6.07, 6.45) is 0.410. The van der Waals surface area contributed by atoms with Gasteiger partial charge < -0.3 is 29.8 Å². The van der Waals surface area contributed by atoms with Gasteiger partial charge in [0.2, 0.25) is 0 Å². The molecule has 6 rings (SSSR count). The molecule has 1 aliphatic heterocycles. The van der Waals surface area contributed by atoms with Crippen LogP contribution >= 0.6 is 0 Å². The van der Waals surface area contributed by atoms with Gasteiger partial charge in [-0.15, -0.1) is 0 Å². The number of imidazole rings is 1. The van der Waals surface area contributed by atoms with E-state index < -0.39 is 23.6 Å². The Hall–Kier alpha value is -5.52. The van der Waals surface area contributed by atoms with Crippen LogP contribution in [0.1, 0.15) is 26.5 Å².